The summed E-state index contributed by atoms with van der Waals surface area (Å²) in [4.78, 5) is 0. The number of hydrogen-bond donors (Lipinski definition) is 0. The van der Waals surface area contributed by atoms with Crippen molar-refractivity contribution in [2.24, 2.45) is 0 Å². The van der Waals surface area contributed by atoms with E-state index in [0.29, 0.717) is 0 Å². The molecule has 6 aromatic rings. The van der Waals surface area contributed by atoms with E-state index in [-0.39, 0.29) is 0 Å². The van der Waals surface area contributed by atoms with Crippen molar-refractivity contribution >= 4 is 64.8 Å². The molecule has 1 nitrogen and oxygen atoms in total. The lowest BCUT2D eigenvalue weighted by Crippen LogP contribution is -1.82. The molecule has 0 aliphatic heterocycles. The first-order chi connectivity index (χ1) is 11.8. The van der Waals surface area contributed by atoms with Crippen molar-refractivity contribution in [2.45, 2.75) is 0 Å². The molecule has 2 heterocycles. The molecule has 112 valence electrons. The van der Waals surface area contributed by atoms with Gasteiger partial charge >= 0.3 is 0 Å². The number of fused-ring (bicyclic) bond motifs is 8. The third-order valence-electron chi connectivity index (χ3n) is 5.18. The number of benzene rings is 4. The van der Waals surface area contributed by atoms with Gasteiger partial charge in [-0.25, -0.2) is 0 Å². The Labute approximate surface area is 146 Å². The predicted molar refractivity (Wildman–Crippen MR) is 106 cm³/mol. The molecular formula is C22H12BrN. The Morgan fingerprint density at radius 3 is 2.12 bits per heavy atom. The minimum atomic E-state index is 1.15. The lowest BCUT2D eigenvalue weighted by Gasteiger charge is -2.05. The molecule has 0 spiro atoms. The summed E-state index contributed by atoms with van der Waals surface area (Å²) >= 11 is 3.78. The van der Waals surface area contributed by atoms with Crippen LogP contribution in [0.5, 0.6) is 0 Å². The van der Waals surface area contributed by atoms with Crippen molar-refractivity contribution in [1.29, 1.82) is 0 Å². The van der Waals surface area contributed by atoms with Crippen LogP contribution in [0, 0.1) is 0 Å². The highest BCUT2D eigenvalue weighted by Crippen LogP contribution is 2.43. The number of aromatic nitrogens is 1. The van der Waals surface area contributed by atoms with Gasteiger partial charge in [0.1, 0.15) is 0 Å². The number of para-hydroxylation sites is 2. The van der Waals surface area contributed by atoms with Gasteiger partial charge in [0, 0.05) is 26.0 Å². The maximum Gasteiger partial charge on any atom is 0.0620 e. The number of nitrogens with zero attached hydrogens (tertiary/aromatic N) is 1. The highest BCUT2D eigenvalue weighted by atomic mass is 79.9. The van der Waals surface area contributed by atoms with Gasteiger partial charge in [-0.15, -0.1) is 0 Å². The molecule has 24 heavy (non-hydrogen) atoms. The Morgan fingerprint density at radius 2 is 1.25 bits per heavy atom. The van der Waals surface area contributed by atoms with E-state index in [2.05, 4.69) is 93.1 Å². The first kappa shape index (κ1) is 12.8. The quantitative estimate of drug-likeness (QED) is 0.278. The van der Waals surface area contributed by atoms with Crippen molar-refractivity contribution in [3.05, 3.63) is 77.3 Å². The summed E-state index contributed by atoms with van der Waals surface area (Å²) in [5.41, 5.74) is 3.88. The summed E-state index contributed by atoms with van der Waals surface area (Å²) < 4.78 is 3.57. The normalized spacial score (nSPS) is 12.4. The summed E-state index contributed by atoms with van der Waals surface area (Å²) in [5.74, 6) is 0. The van der Waals surface area contributed by atoms with E-state index in [1.165, 1.54) is 48.9 Å². The molecule has 2 aromatic heterocycles. The van der Waals surface area contributed by atoms with Crippen LogP contribution in [-0.2, 0) is 0 Å². The van der Waals surface area contributed by atoms with Gasteiger partial charge in [0.2, 0.25) is 0 Å². The van der Waals surface area contributed by atoms with Crippen LogP contribution < -0.4 is 0 Å². The molecule has 0 unspecified atom stereocenters. The van der Waals surface area contributed by atoms with Gasteiger partial charge in [0.05, 0.1) is 16.6 Å². The van der Waals surface area contributed by atoms with Crippen LogP contribution in [-0.4, -0.2) is 4.40 Å². The van der Waals surface area contributed by atoms with Gasteiger partial charge in [0.25, 0.3) is 0 Å². The Balaban J connectivity index is 2.08. The molecule has 0 bridgehead atoms. The first-order valence-electron chi connectivity index (χ1n) is 8.09. The van der Waals surface area contributed by atoms with Crippen molar-refractivity contribution in [1.82, 2.24) is 4.40 Å². The Morgan fingerprint density at radius 1 is 0.583 bits per heavy atom. The second-order valence-corrected chi connectivity index (χ2v) is 7.21. The smallest absolute Gasteiger partial charge is 0.0620 e. The average Bonchev–Trinajstić information content (AvgIpc) is 3.14. The fraction of sp³-hybridized carbons (Fsp3) is 0. The van der Waals surface area contributed by atoms with Gasteiger partial charge in [-0.1, -0.05) is 76.6 Å². The van der Waals surface area contributed by atoms with E-state index in [0.717, 1.165) is 4.47 Å². The average molecular weight is 370 g/mol. The highest BCUT2D eigenvalue weighted by molar-refractivity contribution is 9.10. The highest BCUT2D eigenvalue weighted by Gasteiger charge is 2.18. The monoisotopic (exact) mass is 369 g/mol. The lowest BCUT2D eigenvalue weighted by atomic mass is 10.0. The summed E-state index contributed by atoms with van der Waals surface area (Å²) in [6, 6.07) is 26.3. The minimum absolute atomic E-state index is 1.15. The zero-order chi connectivity index (χ0) is 15.8. The van der Waals surface area contributed by atoms with Crippen molar-refractivity contribution < 1.29 is 0 Å². The minimum Gasteiger partial charge on any atom is -0.308 e. The SMILES string of the molecule is Brc1cc2c(c3ccccc13)c1cccc3c4ccccc4n2c31. The zero-order valence-corrected chi connectivity index (χ0v) is 14.3. The summed E-state index contributed by atoms with van der Waals surface area (Å²) in [6.45, 7) is 0. The molecule has 0 saturated heterocycles. The third kappa shape index (κ3) is 1.37. The Bertz CT molecular complexity index is 1400. The second-order valence-electron chi connectivity index (χ2n) is 6.35. The van der Waals surface area contributed by atoms with Crippen LogP contribution in [0.25, 0.3) is 48.9 Å². The molecule has 0 amide bonds. The number of halogens is 1. The number of hydrogen-bond acceptors (Lipinski definition) is 0. The van der Waals surface area contributed by atoms with E-state index in [1.54, 1.807) is 0 Å². The maximum atomic E-state index is 3.78. The van der Waals surface area contributed by atoms with Gasteiger partial charge in [-0.2, -0.15) is 0 Å². The zero-order valence-electron chi connectivity index (χ0n) is 12.8. The maximum absolute atomic E-state index is 3.78. The van der Waals surface area contributed by atoms with Gasteiger partial charge in [-0.05, 0) is 22.9 Å². The molecule has 2 heteroatoms. The van der Waals surface area contributed by atoms with E-state index in [1.807, 2.05) is 0 Å². The van der Waals surface area contributed by atoms with Crippen LogP contribution in [0.1, 0.15) is 0 Å². The van der Waals surface area contributed by atoms with Gasteiger partial charge in [-0.3, -0.25) is 0 Å². The molecular weight excluding hydrogens is 358 g/mol. The van der Waals surface area contributed by atoms with Crippen LogP contribution in [0.3, 0.4) is 0 Å². The fourth-order valence-corrected chi connectivity index (χ4v) is 4.81. The molecule has 0 saturated carbocycles. The first-order valence-corrected chi connectivity index (χ1v) is 8.88. The molecule has 0 N–H and O–H groups in total. The van der Waals surface area contributed by atoms with E-state index >= 15 is 0 Å². The molecule has 6 rings (SSSR count). The summed E-state index contributed by atoms with van der Waals surface area (Å²) in [5, 5.41) is 7.91. The van der Waals surface area contributed by atoms with Gasteiger partial charge < -0.3 is 4.40 Å². The standard InChI is InChI=1S/C22H12BrN/c23-18-12-20-21(15-8-2-1-6-13(15)18)17-10-5-9-16-14-7-3-4-11-19(14)24(20)22(16)17/h1-12H. The molecule has 0 atom stereocenters. The molecule has 0 aliphatic carbocycles. The summed E-state index contributed by atoms with van der Waals surface area (Å²) in [6.07, 6.45) is 0. The summed E-state index contributed by atoms with van der Waals surface area (Å²) in [7, 11) is 0. The molecule has 0 fully saturated rings. The van der Waals surface area contributed by atoms with E-state index < -0.39 is 0 Å². The van der Waals surface area contributed by atoms with E-state index in [4.69, 9.17) is 0 Å². The molecule has 0 radical (unpaired) electrons. The van der Waals surface area contributed by atoms with Crippen LogP contribution in [0.2, 0.25) is 0 Å². The van der Waals surface area contributed by atoms with Gasteiger partial charge in [0.15, 0.2) is 0 Å². The van der Waals surface area contributed by atoms with Crippen LogP contribution in [0.4, 0.5) is 0 Å². The lowest BCUT2D eigenvalue weighted by molar-refractivity contribution is 1.37. The van der Waals surface area contributed by atoms with Crippen LogP contribution in [0.15, 0.2) is 77.3 Å². The Kier molecular flexibility index (Phi) is 2.28. The largest absolute Gasteiger partial charge is 0.308 e. The topological polar surface area (TPSA) is 4.41 Å². The Hall–Kier alpha value is -2.58. The second kappa shape index (κ2) is 4.28. The van der Waals surface area contributed by atoms with Crippen molar-refractivity contribution in [3.63, 3.8) is 0 Å². The van der Waals surface area contributed by atoms with Crippen molar-refractivity contribution in [3.8, 4) is 0 Å². The number of rotatable bonds is 0. The van der Waals surface area contributed by atoms with E-state index in [9.17, 15) is 0 Å². The molecule has 0 aliphatic rings. The third-order valence-corrected chi connectivity index (χ3v) is 5.83. The van der Waals surface area contributed by atoms with Crippen LogP contribution >= 0.6 is 15.9 Å². The van der Waals surface area contributed by atoms with Crippen molar-refractivity contribution in [2.75, 3.05) is 0 Å². The predicted octanol–water partition coefficient (Wildman–Crippen LogP) is 6.75. The molecule has 4 aromatic carbocycles. The fourth-order valence-electron chi connectivity index (χ4n) is 4.25.